The number of nitrogens with zero attached hydrogens (tertiary/aromatic N) is 1. The van der Waals surface area contributed by atoms with E-state index in [1.54, 1.807) is 0 Å². The first kappa shape index (κ1) is 10.4. The largest absolute Gasteiger partial charge is 0.411 e. The van der Waals surface area contributed by atoms with Gasteiger partial charge in [0.15, 0.2) is 5.78 Å². The van der Waals surface area contributed by atoms with Gasteiger partial charge in [0, 0.05) is 13.3 Å². The third kappa shape index (κ3) is 2.69. The Bertz CT molecular complexity index is 352. The molecule has 0 amide bonds. The van der Waals surface area contributed by atoms with E-state index in [9.17, 15) is 4.79 Å². The van der Waals surface area contributed by atoms with Crippen LogP contribution < -0.4 is 0 Å². The molecule has 0 radical (unpaired) electrons. The maximum atomic E-state index is 11.0. The predicted octanol–water partition coefficient (Wildman–Crippen LogP) is 1.96. The van der Waals surface area contributed by atoms with Gasteiger partial charge in [-0.1, -0.05) is 35.0 Å². The van der Waals surface area contributed by atoms with Crippen LogP contribution in [0.3, 0.4) is 0 Å². The van der Waals surface area contributed by atoms with Crippen molar-refractivity contribution in [1.82, 2.24) is 0 Å². The summed E-state index contributed by atoms with van der Waals surface area (Å²) in [4.78, 5) is 11.0. The van der Waals surface area contributed by atoms with Crippen molar-refractivity contribution in [3.05, 3.63) is 35.4 Å². The van der Waals surface area contributed by atoms with Gasteiger partial charge in [0.25, 0.3) is 0 Å². The Morgan fingerprint density at radius 1 is 1.36 bits per heavy atom. The van der Waals surface area contributed by atoms with Gasteiger partial charge in [0.2, 0.25) is 0 Å². The first-order chi connectivity index (χ1) is 6.63. The highest BCUT2D eigenvalue weighted by atomic mass is 16.4. The molecule has 1 rings (SSSR count). The summed E-state index contributed by atoms with van der Waals surface area (Å²) in [5, 5.41) is 11.6. The smallest absolute Gasteiger partial charge is 0.177 e. The second kappa shape index (κ2) is 4.56. The quantitative estimate of drug-likeness (QED) is 0.451. The molecule has 74 valence electrons. The predicted molar refractivity (Wildman–Crippen MR) is 54.8 cm³/mol. The zero-order chi connectivity index (χ0) is 10.6. The first-order valence-corrected chi connectivity index (χ1v) is 4.41. The van der Waals surface area contributed by atoms with Crippen LogP contribution in [0.4, 0.5) is 0 Å². The van der Waals surface area contributed by atoms with Crippen LogP contribution in [0.25, 0.3) is 0 Å². The van der Waals surface area contributed by atoms with E-state index >= 15 is 0 Å². The van der Waals surface area contributed by atoms with Gasteiger partial charge in [-0.15, -0.1) is 0 Å². The van der Waals surface area contributed by atoms with Gasteiger partial charge in [-0.25, -0.2) is 0 Å². The Kier molecular flexibility index (Phi) is 3.40. The fourth-order valence-electron chi connectivity index (χ4n) is 1.13. The summed E-state index contributed by atoms with van der Waals surface area (Å²) in [7, 11) is 0. The molecule has 0 bridgehead atoms. The second-order valence-electron chi connectivity index (χ2n) is 3.27. The molecule has 0 unspecified atom stereocenters. The van der Waals surface area contributed by atoms with Crippen molar-refractivity contribution in [1.29, 1.82) is 0 Å². The van der Waals surface area contributed by atoms with Crippen LogP contribution in [0.2, 0.25) is 0 Å². The van der Waals surface area contributed by atoms with E-state index in [4.69, 9.17) is 5.21 Å². The minimum absolute atomic E-state index is 0.189. The fourth-order valence-corrected chi connectivity index (χ4v) is 1.13. The molecule has 1 aromatic rings. The van der Waals surface area contributed by atoms with Crippen molar-refractivity contribution in [3.63, 3.8) is 0 Å². The first-order valence-electron chi connectivity index (χ1n) is 4.41. The molecule has 0 heterocycles. The number of aryl methyl sites for hydroxylation is 1. The SMILES string of the molecule is CC(=O)/C(Cc1ccc(C)cc1)=N\O. The lowest BCUT2D eigenvalue weighted by molar-refractivity contribution is -0.111. The van der Waals surface area contributed by atoms with Gasteiger partial charge in [0.05, 0.1) is 0 Å². The third-order valence-corrected chi connectivity index (χ3v) is 2.02. The van der Waals surface area contributed by atoms with E-state index in [1.807, 2.05) is 31.2 Å². The molecule has 0 fully saturated rings. The number of benzene rings is 1. The summed E-state index contributed by atoms with van der Waals surface area (Å²) in [6.45, 7) is 3.39. The maximum absolute atomic E-state index is 11.0. The van der Waals surface area contributed by atoms with Gasteiger partial charge >= 0.3 is 0 Å². The maximum Gasteiger partial charge on any atom is 0.177 e. The van der Waals surface area contributed by atoms with Crippen molar-refractivity contribution in [2.75, 3.05) is 0 Å². The summed E-state index contributed by atoms with van der Waals surface area (Å²) in [6.07, 6.45) is 0.381. The fraction of sp³-hybridized carbons (Fsp3) is 0.273. The normalized spacial score (nSPS) is 11.4. The molecule has 1 aromatic carbocycles. The molecule has 0 aliphatic rings. The Labute approximate surface area is 83.1 Å². The number of carbonyl (C=O) groups is 1. The number of hydrogen-bond donors (Lipinski definition) is 1. The number of hydrogen-bond acceptors (Lipinski definition) is 3. The monoisotopic (exact) mass is 191 g/mol. The highest BCUT2D eigenvalue weighted by Crippen LogP contribution is 2.05. The van der Waals surface area contributed by atoms with Crippen LogP contribution in [0, 0.1) is 6.92 Å². The second-order valence-corrected chi connectivity index (χ2v) is 3.27. The van der Waals surface area contributed by atoms with Crippen molar-refractivity contribution >= 4 is 11.5 Å². The van der Waals surface area contributed by atoms with Crippen LogP contribution in [0.15, 0.2) is 29.4 Å². The standard InChI is InChI=1S/C11H13NO2/c1-8-3-5-10(6-4-8)7-11(12-14)9(2)13/h3-6,14H,7H2,1-2H3/b12-11-. The molecule has 0 aliphatic heterocycles. The van der Waals surface area contributed by atoms with E-state index in [0.29, 0.717) is 6.42 Å². The number of oxime groups is 1. The Hall–Kier alpha value is -1.64. The van der Waals surface area contributed by atoms with E-state index in [2.05, 4.69) is 5.16 Å². The van der Waals surface area contributed by atoms with Gasteiger partial charge < -0.3 is 5.21 Å². The van der Waals surface area contributed by atoms with E-state index in [0.717, 1.165) is 5.56 Å². The third-order valence-electron chi connectivity index (χ3n) is 2.02. The lowest BCUT2D eigenvalue weighted by Crippen LogP contribution is -2.13. The van der Waals surface area contributed by atoms with Crippen molar-refractivity contribution in [2.24, 2.45) is 5.16 Å². The van der Waals surface area contributed by atoms with Crippen LogP contribution >= 0.6 is 0 Å². The summed E-state index contributed by atoms with van der Waals surface area (Å²) >= 11 is 0. The molecule has 1 N–H and O–H groups in total. The average Bonchev–Trinajstić information content (AvgIpc) is 2.16. The Balaban J connectivity index is 2.78. The topological polar surface area (TPSA) is 49.7 Å². The van der Waals surface area contributed by atoms with Gasteiger partial charge in [-0.2, -0.15) is 0 Å². The molecule has 3 nitrogen and oxygen atoms in total. The molecule has 0 atom stereocenters. The summed E-state index contributed by atoms with van der Waals surface area (Å²) in [5.74, 6) is -0.201. The molecular formula is C11H13NO2. The lowest BCUT2D eigenvalue weighted by atomic mass is 10.1. The zero-order valence-electron chi connectivity index (χ0n) is 8.32. The highest BCUT2D eigenvalue weighted by Gasteiger charge is 2.07. The molecule has 3 heteroatoms. The van der Waals surface area contributed by atoms with E-state index < -0.39 is 0 Å². The molecule has 0 spiro atoms. The lowest BCUT2D eigenvalue weighted by Gasteiger charge is -2.01. The molecule has 14 heavy (non-hydrogen) atoms. The van der Waals surface area contributed by atoms with E-state index in [-0.39, 0.29) is 11.5 Å². The van der Waals surface area contributed by atoms with Gasteiger partial charge in [0.1, 0.15) is 5.71 Å². The van der Waals surface area contributed by atoms with Crippen molar-refractivity contribution in [3.8, 4) is 0 Å². The molecule has 0 aliphatic carbocycles. The summed E-state index contributed by atoms with van der Waals surface area (Å²) in [6, 6.07) is 7.77. The summed E-state index contributed by atoms with van der Waals surface area (Å²) in [5.41, 5.74) is 2.33. The molecule has 0 saturated heterocycles. The Morgan fingerprint density at radius 3 is 2.36 bits per heavy atom. The van der Waals surface area contributed by atoms with Crippen LogP contribution in [0.1, 0.15) is 18.1 Å². The number of rotatable bonds is 3. The van der Waals surface area contributed by atoms with Gasteiger partial charge in [-0.05, 0) is 12.5 Å². The number of Topliss-reactive ketones (excluding diaryl/α,β-unsaturated/α-hetero) is 1. The van der Waals surface area contributed by atoms with E-state index in [1.165, 1.54) is 12.5 Å². The van der Waals surface area contributed by atoms with Crippen LogP contribution in [0.5, 0.6) is 0 Å². The summed E-state index contributed by atoms with van der Waals surface area (Å²) < 4.78 is 0. The molecule has 0 aromatic heterocycles. The van der Waals surface area contributed by atoms with Crippen LogP contribution in [-0.2, 0) is 11.2 Å². The number of carbonyl (C=O) groups excluding carboxylic acids is 1. The highest BCUT2D eigenvalue weighted by molar-refractivity contribution is 6.39. The van der Waals surface area contributed by atoms with Crippen LogP contribution in [-0.4, -0.2) is 16.7 Å². The van der Waals surface area contributed by atoms with Crippen molar-refractivity contribution < 1.29 is 10.0 Å². The zero-order valence-corrected chi connectivity index (χ0v) is 8.32. The molecule has 0 saturated carbocycles. The Morgan fingerprint density at radius 2 is 1.93 bits per heavy atom. The average molecular weight is 191 g/mol. The number of ketones is 1. The van der Waals surface area contributed by atoms with Crippen molar-refractivity contribution in [2.45, 2.75) is 20.3 Å². The minimum atomic E-state index is -0.201. The van der Waals surface area contributed by atoms with Gasteiger partial charge in [-0.3, -0.25) is 4.79 Å². The molecular weight excluding hydrogens is 178 g/mol. The minimum Gasteiger partial charge on any atom is -0.411 e.